The molecule has 0 saturated carbocycles. The van der Waals surface area contributed by atoms with Crippen molar-refractivity contribution in [2.75, 3.05) is 14.2 Å². The highest BCUT2D eigenvalue weighted by atomic mass is 16.5. The summed E-state index contributed by atoms with van der Waals surface area (Å²) in [6.45, 7) is 0.263. The van der Waals surface area contributed by atoms with Gasteiger partial charge in [0.15, 0.2) is 0 Å². The van der Waals surface area contributed by atoms with Gasteiger partial charge < -0.3 is 19.3 Å². The van der Waals surface area contributed by atoms with E-state index in [1.807, 2.05) is 83.5 Å². The SMILES string of the molecule is COc1ccc(-c2c(CCCC(=O)O)c(COc3ccccc3)nn2-c2ccc(OC)cc2)cc1. The van der Waals surface area contributed by atoms with Gasteiger partial charge in [-0.3, -0.25) is 4.79 Å². The van der Waals surface area contributed by atoms with Crippen molar-refractivity contribution in [3.05, 3.63) is 90.1 Å². The maximum Gasteiger partial charge on any atom is 0.303 e. The number of carbonyl (C=O) groups is 1. The van der Waals surface area contributed by atoms with Gasteiger partial charge in [0.1, 0.15) is 29.5 Å². The summed E-state index contributed by atoms with van der Waals surface area (Å²) in [5.41, 5.74) is 4.44. The van der Waals surface area contributed by atoms with Crippen LogP contribution in [-0.4, -0.2) is 35.1 Å². The number of benzene rings is 3. The molecule has 0 fully saturated rings. The lowest BCUT2D eigenvalue weighted by molar-refractivity contribution is -0.137. The van der Waals surface area contributed by atoms with E-state index in [1.54, 1.807) is 14.2 Å². The molecule has 1 N–H and O–H groups in total. The van der Waals surface area contributed by atoms with Crippen LogP contribution in [-0.2, 0) is 17.8 Å². The molecule has 0 atom stereocenters. The summed E-state index contributed by atoms with van der Waals surface area (Å²) in [6.07, 6.45) is 1.12. The van der Waals surface area contributed by atoms with Gasteiger partial charge in [0.2, 0.25) is 0 Å². The van der Waals surface area contributed by atoms with Crippen LogP contribution >= 0.6 is 0 Å². The van der Waals surface area contributed by atoms with E-state index in [1.165, 1.54) is 0 Å². The molecule has 0 aliphatic rings. The maximum absolute atomic E-state index is 11.2. The number of methoxy groups -OCH3 is 2. The van der Waals surface area contributed by atoms with Crippen LogP contribution in [0.2, 0.25) is 0 Å². The zero-order chi connectivity index (χ0) is 24.6. The summed E-state index contributed by atoms with van der Waals surface area (Å²) < 4.78 is 18.6. The molecular weight excluding hydrogens is 444 g/mol. The van der Waals surface area contributed by atoms with E-state index >= 15 is 0 Å². The lowest BCUT2D eigenvalue weighted by Crippen LogP contribution is -2.02. The Morgan fingerprint density at radius 3 is 2.09 bits per heavy atom. The Bertz CT molecular complexity index is 1250. The normalized spacial score (nSPS) is 10.7. The number of carboxylic acid groups (broad SMARTS) is 1. The molecule has 7 nitrogen and oxygen atoms in total. The Morgan fingerprint density at radius 1 is 0.857 bits per heavy atom. The van der Waals surface area contributed by atoms with E-state index in [2.05, 4.69) is 0 Å². The van der Waals surface area contributed by atoms with Crippen molar-refractivity contribution >= 4 is 5.97 Å². The number of nitrogens with zero attached hydrogens (tertiary/aromatic N) is 2. The van der Waals surface area contributed by atoms with Gasteiger partial charge in [0.25, 0.3) is 0 Å². The predicted molar refractivity (Wildman–Crippen MR) is 133 cm³/mol. The third kappa shape index (κ3) is 5.81. The molecule has 0 aliphatic carbocycles. The van der Waals surface area contributed by atoms with Crippen LogP contribution in [0.1, 0.15) is 24.1 Å². The third-order valence-electron chi connectivity index (χ3n) is 5.68. The summed E-state index contributed by atoms with van der Waals surface area (Å²) in [5.74, 6) is 1.43. The monoisotopic (exact) mass is 472 g/mol. The molecule has 4 rings (SSSR count). The first kappa shape index (κ1) is 23.9. The van der Waals surface area contributed by atoms with Crippen molar-refractivity contribution in [2.24, 2.45) is 0 Å². The van der Waals surface area contributed by atoms with Crippen molar-refractivity contribution in [1.29, 1.82) is 0 Å². The number of para-hydroxylation sites is 1. The second-order valence-electron chi connectivity index (χ2n) is 7.96. The molecule has 180 valence electrons. The number of hydrogen-bond donors (Lipinski definition) is 1. The number of hydrogen-bond acceptors (Lipinski definition) is 5. The second kappa shape index (κ2) is 11.2. The fourth-order valence-electron chi connectivity index (χ4n) is 3.91. The molecule has 35 heavy (non-hydrogen) atoms. The topological polar surface area (TPSA) is 82.8 Å². The van der Waals surface area contributed by atoms with Crippen molar-refractivity contribution < 1.29 is 24.1 Å². The lowest BCUT2D eigenvalue weighted by atomic mass is 10.0. The van der Waals surface area contributed by atoms with Crippen LogP contribution in [0.4, 0.5) is 0 Å². The number of carboxylic acids is 1. The summed E-state index contributed by atoms with van der Waals surface area (Å²) in [6, 6.07) is 25.0. The van der Waals surface area contributed by atoms with E-state index in [0.29, 0.717) is 12.8 Å². The quantitative estimate of drug-likeness (QED) is 0.308. The molecule has 0 bridgehead atoms. The molecule has 0 radical (unpaired) electrons. The Kier molecular flexibility index (Phi) is 7.67. The summed E-state index contributed by atoms with van der Waals surface area (Å²) in [7, 11) is 3.26. The van der Waals surface area contributed by atoms with Crippen molar-refractivity contribution in [1.82, 2.24) is 9.78 Å². The molecule has 0 amide bonds. The van der Waals surface area contributed by atoms with Gasteiger partial charge in [-0.15, -0.1) is 0 Å². The third-order valence-corrected chi connectivity index (χ3v) is 5.68. The van der Waals surface area contributed by atoms with Crippen LogP contribution in [0.15, 0.2) is 78.9 Å². The number of aliphatic carboxylic acids is 1. The van der Waals surface area contributed by atoms with Gasteiger partial charge in [-0.2, -0.15) is 5.10 Å². The highest BCUT2D eigenvalue weighted by molar-refractivity contribution is 5.69. The van der Waals surface area contributed by atoms with Crippen LogP contribution in [0.5, 0.6) is 17.2 Å². The summed E-state index contributed by atoms with van der Waals surface area (Å²) in [4.78, 5) is 11.2. The lowest BCUT2D eigenvalue weighted by Gasteiger charge is -2.12. The molecular formula is C28H28N2O5. The highest BCUT2D eigenvalue weighted by Gasteiger charge is 2.21. The van der Waals surface area contributed by atoms with Gasteiger partial charge in [0.05, 0.1) is 25.6 Å². The molecule has 4 aromatic rings. The summed E-state index contributed by atoms with van der Waals surface area (Å²) >= 11 is 0. The zero-order valence-corrected chi connectivity index (χ0v) is 19.8. The van der Waals surface area contributed by atoms with E-state index in [0.717, 1.165) is 45.5 Å². The van der Waals surface area contributed by atoms with Gasteiger partial charge in [0, 0.05) is 17.5 Å². The molecule has 0 spiro atoms. The highest BCUT2D eigenvalue weighted by Crippen LogP contribution is 2.33. The average Bonchev–Trinajstić information content (AvgIpc) is 3.26. The fraction of sp³-hybridized carbons (Fsp3) is 0.214. The Hall–Kier alpha value is -4.26. The van der Waals surface area contributed by atoms with Crippen molar-refractivity contribution in [2.45, 2.75) is 25.9 Å². The van der Waals surface area contributed by atoms with Gasteiger partial charge in [-0.1, -0.05) is 18.2 Å². The van der Waals surface area contributed by atoms with Crippen LogP contribution in [0.25, 0.3) is 16.9 Å². The molecule has 1 aromatic heterocycles. The number of rotatable bonds is 11. The average molecular weight is 473 g/mol. The van der Waals surface area contributed by atoms with Crippen molar-refractivity contribution in [3.63, 3.8) is 0 Å². The van der Waals surface area contributed by atoms with Crippen molar-refractivity contribution in [3.8, 4) is 34.2 Å². The first-order chi connectivity index (χ1) is 17.1. The fourth-order valence-corrected chi connectivity index (χ4v) is 3.91. The minimum absolute atomic E-state index is 0.0781. The molecule has 1 heterocycles. The smallest absolute Gasteiger partial charge is 0.303 e. The Balaban J connectivity index is 1.81. The van der Waals surface area contributed by atoms with Crippen LogP contribution in [0, 0.1) is 0 Å². The molecule has 0 saturated heterocycles. The van der Waals surface area contributed by atoms with Crippen LogP contribution < -0.4 is 14.2 Å². The first-order valence-electron chi connectivity index (χ1n) is 11.4. The molecule has 0 aliphatic heterocycles. The first-order valence-corrected chi connectivity index (χ1v) is 11.4. The van der Waals surface area contributed by atoms with E-state index < -0.39 is 5.97 Å². The van der Waals surface area contributed by atoms with Crippen LogP contribution in [0.3, 0.4) is 0 Å². The number of aromatic nitrogens is 2. The van der Waals surface area contributed by atoms with E-state index in [9.17, 15) is 9.90 Å². The van der Waals surface area contributed by atoms with Gasteiger partial charge in [-0.05, 0) is 73.5 Å². The number of ether oxygens (including phenoxy) is 3. The molecule has 0 unspecified atom stereocenters. The Morgan fingerprint density at radius 2 is 1.49 bits per heavy atom. The zero-order valence-electron chi connectivity index (χ0n) is 19.8. The largest absolute Gasteiger partial charge is 0.497 e. The van der Waals surface area contributed by atoms with E-state index in [-0.39, 0.29) is 13.0 Å². The standard InChI is InChI=1S/C28H28N2O5/c1-33-22-15-11-20(12-16-22)28-25(9-6-10-27(31)32)26(19-35-24-7-4-3-5-8-24)29-30(28)21-13-17-23(34-2)18-14-21/h3-5,7-8,11-18H,6,9-10,19H2,1-2H3,(H,31,32). The second-order valence-corrected chi connectivity index (χ2v) is 7.96. The molecule has 3 aromatic carbocycles. The van der Waals surface area contributed by atoms with E-state index in [4.69, 9.17) is 19.3 Å². The molecule has 7 heteroatoms. The maximum atomic E-state index is 11.2. The minimum Gasteiger partial charge on any atom is -0.497 e. The summed E-state index contributed by atoms with van der Waals surface area (Å²) in [5, 5.41) is 14.2. The van der Waals surface area contributed by atoms with Gasteiger partial charge >= 0.3 is 5.97 Å². The predicted octanol–water partition coefficient (Wildman–Crippen LogP) is 5.54. The minimum atomic E-state index is -0.819. The Labute approximate surface area is 204 Å². The van der Waals surface area contributed by atoms with Gasteiger partial charge in [-0.25, -0.2) is 4.68 Å².